The van der Waals surface area contributed by atoms with Crippen LogP contribution in [0.15, 0.2) is 30.5 Å². The zero-order valence-electron chi connectivity index (χ0n) is 8.61. The van der Waals surface area contributed by atoms with Crippen LogP contribution in [0.25, 0.3) is 10.9 Å². The van der Waals surface area contributed by atoms with Gasteiger partial charge in [0.1, 0.15) is 0 Å². The Morgan fingerprint density at radius 2 is 2.13 bits per heavy atom. The highest BCUT2D eigenvalue weighted by Gasteiger charge is 2.05. The third-order valence-electron chi connectivity index (χ3n) is 2.69. The number of benzene rings is 1. The molecule has 1 heterocycles. The summed E-state index contributed by atoms with van der Waals surface area (Å²) in [5.74, 6) is 0. The molecule has 4 N–H and O–H groups in total. The first-order chi connectivity index (χ1) is 7.31. The molecule has 0 aliphatic rings. The molecule has 1 aromatic carbocycles. The fraction of sp³-hybridized carbons (Fsp3) is 0.333. The van der Waals surface area contributed by atoms with Crippen molar-refractivity contribution in [1.82, 2.24) is 4.98 Å². The fourth-order valence-electron chi connectivity index (χ4n) is 1.78. The number of aromatic nitrogens is 1. The molecule has 0 saturated carbocycles. The van der Waals surface area contributed by atoms with Gasteiger partial charge in [-0.05, 0) is 24.5 Å². The van der Waals surface area contributed by atoms with Gasteiger partial charge in [0.25, 0.3) is 0 Å². The summed E-state index contributed by atoms with van der Waals surface area (Å²) in [6.45, 7) is 0.336. The van der Waals surface area contributed by atoms with Crippen molar-refractivity contribution in [3.8, 4) is 0 Å². The van der Waals surface area contributed by atoms with Gasteiger partial charge in [-0.1, -0.05) is 18.2 Å². The van der Waals surface area contributed by atoms with Gasteiger partial charge in [0.2, 0.25) is 0 Å². The van der Waals surface area contributed by atoms with Crippen molar-refractivity contribution in [2.45, 2.75) is 18.9 Å². The lowest BCUT2D eigenvalue weighted by Crippen LogP contribution is -2.19. The van der Waals surface area contributed by atoms with E-state index in [1.165, 1.54) is 10.9 Å². The summed E-state index contributed by atoms with van der Waals surface area (Å²) in [5.41, 5.74) is 7.76. The molecule has 15 heavy (non-hydrogen) atoms. The number of aliphatic hydroxyl groups is 1. The maximum Gasteiger partial charge on any atom is 0.0665 e. The molecule has 80 valence electrons. The second kappa shape index (κ2) is 4.47. The van der Waals surface area contributed by atoms with Crippen molar-refractivity contribution in [2.24, 2.45) is 5.73 Å². The summed E-state index contributed by atoms with van der Waals surface area (Å²) in [5, 5.41) is 10.6. The van der Waals surface area contributed by atoms with Gasteiger partial charge in [0.05, 0.1) is 6.10 Å². The lowest BCUT2D eigenvalue weighted by Gasteiger charge is -2.05. The first-order valence-electron chi connectivity index (χ1n) is 5.24. The Labute approximate surface area is 88.9 Å². The van der Waals surface area contributed by atoms with Gasteiger partial charge >= 0.3 is 0 Å². The fourth-order valence-corrected chi connectivity index (χ4v) is 1.78. The van der Waals surface area contributed by atoms with Crippen LogP contribution in [0.5, 0.6) is 0 Å². The molecule has 1 atom stereocenters. The molecule has 0 amide bonds. The number of aromatic amines is 1. The van der Waals surface area contributed by atoms with Crippen LogP contribution in [0.1, 0.15) is 12.0 Å². The second-order valence-electron chi connectivity index (χ2n) is 3.79. The highest BCUT2D eigenvalue weighted by Crippen LogP contribution is 2.19. The number of nitrogens with two attached hydrogens (primary N) is 1. The molecule has 0 fully saturated rings. The molecular formula is C12H16N2O. The van der Waals surface area contributed by atoms with Gasteiger partial charge in [-0.3, -0.25) is 0 Å². The number of hydrogen-bond donors (Lipinski definition) is 3. The van der Waals surface area contributed by atoms with E-state index in [1.807, 2.05) is 18.3 Å². The summed E-state index contributed by atoms with van der Waals surface area (Å²) < 4.78 is 0. The predicted molar refractivity (Wildman–Crippen MR) is 61.7 cm³/mol. The van der Waals surface area contributed by atoms with Crippen molar-refractivity contribution in [3.63, 3.8) is 0 Å². The number of rotatable bonds is 4. The number of aliphatic hydroxyl groups excluding tert-OH is 1. The zero-order chi connectivity index (χ0) is 10.7. The molecule has 1 aromatic heterocycles. The maximum absolute atomic E-state index is 9.39. The smallest absolute Gasteiger partial charge is 0.0665 e. The third kappa shape index (κ3) is 2.19. The predicted octanol–water partition coefficient (Wildman–Crippen LogP) is 1.42. The van der Waals surface area contributed by atoms with E-state index in [9.17, 15) is 5.11 Å². The molecular weight excluding hydrogens is 188 g/mol. The van der Waals surface area contributed by atoms with E-state index in [4.69, 9.17) is 5.73 Å². The molecule has 2 rings (SSSR count). The molecule has 0 aliphatic heterocycles. The standard InChI is InChI=1S/C12H16N2O/c13-7-10(15)6-5-9-8-14-12-4-2-1-3-11(9)12/h1-4,8,10,14-15H,5-7,13H2/t10-/m1/s1. The number of aryl methyl sites for hydroxylation is 1. The van der Waals surface area contributed by atoms with Crippen LogP contribution in [0.3, 0.4) is 0 Å². The number of nitrogens with one attached hydrogen (secondary N) is 1. The summed E-state index contributed by atoms with van der Waals surface area (Å²) in [6.07, 6.45) is 3.20. The average molecular weight is 204 g/mol. The molecule has 0 unspecified atom stereocenters. The van der Waals surface area contributed by atoms with Crippen molar-refractivity contribution in [3.05, 3.63) is 36.0 Å². The monoisotopic (exact) mass is 204 g/mol. The Balaban J connectivity index is 2.14. The van der Waals surface area contributed by atoms with E-state index < -0.39 is 6.10 Å². The number of para-hydroxylation sites is 1. The highest BCUT2D eigenvalue weighted by atomic mass is 16.3. The van der Waals surface area contributed by atoms with Crippen LogP contribution in [-0.4, -0.2) is 22.7 Å². The first kappa shape index (κ1) is 10.2. The van der Waals surface area contributed by atoms with E-state index in [0.29, 0.717) is 6.54 Å². The molecule has 3 nitrogen and oxygen atoms in total. The van der Waals surface area contributed by atoms with E-state index in [1.54, 1.807) is 0 Å². The largest absolute Gasteiger partial charge is 0.392 e. The third-order valence-corrected chi connectivity index (χ3v) is 2.69. The van der Waals surface area contributed by atoms with E-state index in [-0.39, 0.29) is 0 Å². The zero-order valence-corrected chi connectivity index (χ0v) is 8.61. The topological polar surface area (TPSA) is 62.0 Å². The Morgan fingerprint density at radius 3 is 2.93 bits per heavy atom. The van der Waals surface area contributed by atoms with Gasteiger partial charge in [-0.2, -0.15) is 0 Å². The van der Waals surface area contributed by atoms with E-state index in [2.05, 4.69) is 17.1 Å². The van der Waals surface area contributed by atoms with Crippen LogP contribution in [-0.2, 0) is 6.42 Å². The molecule has 2 aromatic rings. The summed E-state index contributed by atoms with van der Waals surface area (Å²) >= 11 is 0. The van der Waals surface area contributed by atoms with Crippen LogP contribution >= 0.6 is 0 Å². The lowest BCUT2D eigenvalue weighted by molar-refractivity contribution is 0.173. The van der Waals surface area contributed by atoms with Crippen LogP contribution in [0.4, 0.5) is 0 Å². The summed E-state index contributed by atoms with van der Waals surface area (Å²) in [7, 11) is 0. The average Bonchev–Trinajstić information content (AvgIpc) is 2.69. The minimum absolute atomic E-state index is 0.336. The Bertz CT molecular complexity index is 436. The molecule has 0 aliphatic carbocycles. The van der Waals surface area contributed by atoms with Crippen molar-refractivity contribution >= 4 is 10.9 Å². The van der Waals surface area contributed by atoms with Crippen LogP contribution < -0.4 is 5.73 Å². The molecule has 0 radical (unpaired) electrons. The Hall–Kier alpha value is -1.32. The molecule has 0 saturated heterocycles. The summed E-state index contributed by atoms with van der Waals surface area (Å²) in [6, 6.07) is 8.19. The van der Waals surface area contributed by atoms with Crippen LogP contribution in [0, 0.1) is 0 Å². The lowest BCUT2D eigenvalue weighted by atomic mass is 10.1. The van der Waals surface area contributed by atoms with Gasteiger partial charge in [0.15, 0.2) is 0 Å². The second-order valence-corrected chi connectivity index (χ2v) is 3.79. The quantitative estimate of drug-likeness (QED) is 0.705. The van der Waals surface area contributed by atoms with E-state index >= 15 is 0 Å². The van der Waals surface area contributed by atoms with Gasteiger partial charge in [0, 0.05) is 23.6 Å². The highest BCUT2D eigenvalue weighted by molar-refractivity contribution is 5.82. The maximum atomic E-state index is 9.39. The first-order valence-corrected chi connectivity index (χ1v) is 5.24. The SMILES string of the molecule is NC[C@H](O)CCc1c[nH]c2ccccc12. The number of fused-ring (bicyclic) bond motifs is 1. The molecule has 3 heteroatoms. The van der Waals surface area contributed by atoms with Crippen molar-refractivity contribution in [1.29, 1.82) is 0 Å². The van der Waals surface area contributed by atoms with Gasteiger partial charge in [-0.25, -0.2) is 0 Å². The summed E-state index contributed by atoms with van der Waals surface area (Å²) in [4.78, 5) is 3.22. The van der Waals surface area contributed by atoms with Crippen molar-refractivity contribution < 1.29 is 5.11 Å². The minimum Gasteiger partial charge on any atom is -0.392 e. The number of hydrogen-bond acceptors (Lipinski definition) is 2. The molecule has 0 spiro atoms. The van der Waals surface area contributed by atoms with Crippen LogP contribution in [0.2, 0.25) is 0 Å². The van der Waals surface area contributed by atoms with E-state index in [0.717, 1.165) is 18.4 Å². The van der Waals surface area contributed by atoms with Gasteiger partial charge < -0.3 is 15.8 Å². The minimum atomic E-state index is -0.390. The Kier molecular flexibility index (Phi) is 3.04. The Morgan fingerprint density at radius 1 is 1.33 bits per heavy atom. The van der Waals surface area contributed by atoms with Gasteiger partial charge in [-0.15, -0.1) is 0 Å². The molecule has 0 bridgehead atoms. The number of H-pyrrole nitrogens is 1. The van der Waals surface area contributed by atoms with Crippen molar-refractivity contribution in [2.75, 3.05) is 6.54 Å². The normalized spacial score (nSPS) is 13.2.